The second-order valence-electron chi connectivity index (χ2n) is 5.79. The predicted molar refractivity (Wildman–Crippen MR) is 83.4 cm³/mol. The van der Waals surface area contributed by atoms with Crippen LogP contribution < -0.4 is 4.90 Å². The van der Waals surface area contributed by atoms with Gasteiger partial charge in [-0.25, -0.2) is 9.97 Å². The van der Waals surface area contributed by atoms with Gasteiger partial charge in [0.1, 0.15) is 17.8 Å². The van der Waals surface area contributed by atoms with Crippen molar-refractivity contribution in [2.45, 2.75) is 32.4 Å². The van der Waals surface area contributed by atoms with Crippen LogP contribution in [0.5, 0.6) is 0 Å². The third-order valence-electron chi connectivity index (χ3n) is 4.21. The summed E-state index contributed by atoms with van der Waals surface area (Å²) in [5.74, 6) is 1.01. The van der Waals surface area contributed by atoms with Crippen molar-refractivity contribution < 1.29 is 5.11 Å². The molecule has 2 aromatic rings. The van der Waals surface area contributed by atoms with Crippen LogP contribution in [0.2, 0.25) is 0 Å². The van der Waals surface area contributed by atoms with Crippen LogP contribution >= 0.6 is 0 Å². The molecular formula is C15H23N5O. The minimum Gasteiger partial charge on any atom is -0.392 e. The molecule has 0 amide bonds. The molecule has 0 aliphatic carbocycles. The molecule has 2 N–H and O–H groups in total. The van der Waals surface area contributed by atoms with Crippen LogP contribution in [-0.2, 0) is 0 Å². The summed E-state index contributed by atoms with van der Waals surface area (Å²) in [5, 5.41) is 10.7. The second-order valence-corrected chi connectivity index (χ2v) is 5.79. The molecule has 1 fully saturated rings. The predicted octanol–water partition coefficient (Wildman–Crippen LogP) is 1.24. The van der Waals surface area contributed by atoms with Crippen molar-refractivity contribution in [3.8, 4) is 0 Å². The fourth-order valence-electron chi connectivity index (χ4n) is 3.16. The largest absolute Gasteiger partial charge is 0.392 e. The van der Waals surface area contributed by atoms with Gasteiger partial charge in [-0.2, -0.15) is 0 Å². The number of H-pyrrole nitrogens is 1. The molecule has 1 saturated heterocycles. The first-order chi connectivity index (χ1) is 10.2. The smallest absolute Gasteiger partial charge is 0.142 e. The van der Waals surface area contributed by atoms with Crippen LogP contribution in [0.4, 0.5) is 5.82 Å². The number of rotatable bonds is 4. The lowest BCUT2D eigenvalue weighted by Crippen LogP contribution is -2.54. The van der Waals surface area contributed by atoms with Gasteiger partial charge in [-0.05, 0) is 19.4 Å². The second kappa shape index (κ2) is 5.99. The van der Waals surface area contributed by atoms with Crippen molar-refractivity contribution >= 4 is 16.9 Å². The van der Waals surface area contributed by atoms with Crippen LogP contribution in [-0.4, -0.2) is 63.3 Å². The Morgan fingerprint density at radius 2 is 2.29 bits per heavy atom. The number of aromatic nitrogens is 3. The average Bonchev–Trinajstić information content (AvgIpc) is 2.95. The molecule has 3 heterocycles. The third-order valence-corrected chi connectivity index (χ3v) is 4.21. The molecule has 0 bridgehead atoms. The van der Waals surface area contributed by atoms with Crippen molar-refractivity contribution in [2.24, 2.45) is 0 Å². The Kier molecular flexibility index (Phi) is 4.07. The lowest BCUT2D eigenvalue weighted by molar-refractivity contribution is 0.0885. The van der Waals surface area contributed by atoms with Gasteiger partial charge in [-0.1, -0.05) is 6.92 Å². The van der Waals surface area contributed by atoms with Gasteiger partial charge in [0.2, 0.25) is 0 Å². The van der Waals surface area contributed by atoms with Crippen molar-refractivity contribution in [3.63, 3.8) is 0 Å². The number of hydrogen-bond acceptors (Lipinski definition) is 5. The van der Waals surface area contributed by atoms with Crippen LogP contribution in [0.25, 0.3) is 11.0 Å². The highest BCUT2D eigenvalue weighted by molar-refractivity contribution is 5.87. The maximum absolute atomic E-state index is 9.63. The van der Waals surface area contributed by atoms with Crippen molar-refractivity contribution in [1.82, 2.24) is 19.9 Å². The summed E-state index contributed by atoms with van der Waals surface area (Å²) >= 11 is 0. The standard InChI is InChI=1S/C15H23N5O/c1-3-12-9-20(7-6-19(12)8-11(2)21)15-13-4-5-16-14(13)17-10-18-15/h4-5,10-12,21H,3,6-9H2,1-2H3,(H,16,17,18)/t11-,12+/m0/s1. The minimum absolute atomic E-state index is 0.277. The zero-order chi connectivity index (χ0) is 14.8. The zero-order valence-electron chi connectivity index (χ0n) is 12.7. The molecule has 6 heteroatoms. The Balaban J connectivity index is 1.80. The molecule has 2 atom stereocenters. The Bertz CT molecular complexity index is 597. The lowest BCUT2D eigenvalue weighted by atomic mass is 10.1. The van der Waals surface area contributed by atoms with E-state index in [0.29, 0.717) is 6.04 Å². The van der Waals surface area contributed by atoms with E-state index < -0.39 is 0 Å². The highest BCUT2D eigenvalue weighted by Crippen LogP contribution is 2.25. The van der Waals surface area contributed by atoms with Gasteiger partial charge in [-0.3, -0.25) is 4.90 Å². The van der Waals surface area contributed by atoms with Crippen molar-refractivity contribution in [1.29, 1.82) is 0 Å². The normalized spacial score (nSPS) is 21.9. The molecule has 2 aromatic heterocycles. The molecule has 3 rings (SSSR count). The quantitative estimate of drug-likeness (QED) is 0.886. The van der Waals surface area contributed by atoms with Crippen LogP contribution in [0.1, 0.15) is 20.3 Å². The maximum atomic E-state index is 9.63. The van der Waals surface area contributed by atoms with E-state index in [9.17, 15) is 5.11 Å². The van der Waals surface area contributed by atoms with Crippen LogP contribution in [0.15, 0.2) is 18.6 Å². The van der Waals surface area contributed by atoms with E-state index in [2.05, 4.69) is 31.7 Å². The number of nitrogens with one attached hydrogen (secondary N) is 1. The summed E-state index contributed by atoms with van der Waals surface area (Å²) in [4.78, 5) is 16.6. The SMILES string of the molecule is CC[C@@H]1CN(c2ncnc3[nH]ccc23)CCN1C[C@H](C)O. The zero-order valence-corrected chi connectivity index (χ0v) is 12.7. The van der Waals surface area contributed by atoms with Crippen molar-refractivity contribution in [3.05, 3.63) is 18.6 Å². The van der Waals surface area contributed by atoms with Gasteiger partial charge in [0.05, 0.1) is 11.5 Å². The molecule has 114 valence electrons. The molecule has 0 unspecified atom stereocenters. The lowest BCUT2D eigenvalue weighted by Gasteiger charge is -2.42. The van der Waals surface area contributed by atoms with Gasteiger partial charge in [0.25, 0.3) is 0 Å². The van der Waals surface area contributed by atoms with Crippen LogP contribution in [0, 0.1) is 0 Å². The summed E-state index contributed by atoms with van der Waals surface area (Å²) in [6, 6.07) is 2.49. The summed E-state index contributed by atoms with van der Waals surface area (Å²) in [7, 11) is 0. The van der Waals surface area contributed by atoms with Gasteiger partial charge >= 0.3 is 0 Å². The van der Waals surface area contributed by atoms with E-state index in [1.165, 1.54) is 0 Å². The number of nitrogens with zero attached hydrogens (tertiary/aromatic N) is 4. The number of anilines is 1. The molecule has 0 aromatic carbocycles. The Morgan fingerprint density at radius 3 is 3.05 bits per heavy atom. The van der Waals surface area contributed by atoms with Gasteiger partial charge < -0.3 is 15.0 Å². The summed E-state index contributed by atoms with van der Waals surface area (Å²) < 4.78 is 0. The topological polar surface area (TPSA) is 68.3 Å². The number of fused-ring (bicyclic) bond motifs is 1. The molecule has 0 saturated carbocycles. The molecule has 1 aliphatic rings. The van der Waals surface area contributed by atoms with E-state index in [-0.39, 0.29) is 6.10 Å². The van der Waals surface area contributed by atoms with E-state index in [0.717, 1.165) is 49.5 Å². The Hall–Kier alpha value is -1.66. The number of β-amino-alcohol motifs (C(OH)–C–C–N with tert-alkyl or cyclic N) is 1. The molecular weight excluding hydrogens is 266 g/mol. The third kappa shape index (κ3) is 2.87. The molecule has 6 nitrogen and oxygen atoms in total. The Morgan fingerprint density at radius 1 is 1.43 bits per heavy atom. The number of piperazine rings is 1. The van der Waals surface area contributed by atoms with Gasteiger partial charge in [-0.15, -0.1) is 0 Å². The number of aliphatic hydroxyl groups excluding tert-OH is 1. The fourth-order valence-corrected chi connectivity index (χ4v) is 3.16. The highest BCUT2D eigenvalue weighted by Gasteiger charge is 2.28. The van der Waals surface area contributed by atoms with E-state index >= 15 is 0 Å². The highest BCUT2D eigenvalue weighted by atomic mass is 16.3. The maximum Gasteiger partial charge on any atom is 0.142 e. The Labute approximate surface area is 124 Å². The van der Waals surface area contributed by atoms with E-state index in [1.807, 2.05) is 19.2 Å². The average molecular weight is 289 g/mol. The molecule has 0 spiro atoms. The van der Waals surface area contributed by atoms with Crippen LogP contribution in [0.3, 0.4) is 0 Å². The summed E-state index contributed by atoms with van der Waals surface area (Å²) in [5.41, 5.74) is 0.888. The first-order valence-electron chi connectivity index (χ1n) is 7.64. The van der Waals surface area contributed by atoms with Crippen molar-refractivity contribution in [2.75, 3.05) is 31.1 Å². The fraction of sp³-hybridized carbons (Fsp3) is 0.600. The summed E-state index contributed by atoms with van der Waals surface area (Å²) in [6.45, 7) is 7.64. The molecule has 1 aliphatic heterocycles. The van der Waals surface area contributed by atoms with E-state index in [4.69, 9.17) is 0 Å². The summed E-state index contributed by atoms with van der Waals surface area (Å²) in [6.07, 6.45) is 4.33. The first kappa shape index (κ1) is 14.3. The van der Waals surface area contributed by atoms with Gasteiger partial charge in [0, 0.05) is 38.4 Å². The van der Waals surface area contributed by atoms with Gasteiger partial charge in [0.15, 0.2) is 0 Å². The monoisotopic (exact) mass is 289 g/mol. The minimum atomic E-state index is -0.277. The first-order valence-corrected chi connectivity index (χ1v) is 7.64. The van der Waals surface area contributed by atoms with E-state index in [1.54, 1.807) is 6.33 Å². The molecule has 0 radical (unpaired) electrons. The molecule has 21 heavy (non-hydrogen) atoms. The number of hydrogen-bond donors (Lipinski definition) is 2. The number of aliphatic hydroxyl groups is 1. The number of aromatic amines is 1.